The van der Waals surface area contributed by atoms with Crippen LogP contribution in [0.15, 0.2) is 0 Å². The van der Waals surface area contributed by atoms with Gasteiger partial charge in [-0.15, -0.1) is 0 Å². The van der Waals surface area contributed by atoms with Crippen molar-refractivity contribution in [3.8, 4) is 0 Å². The number of hydrogen-bond donors (Lipinski definition) is 2. The molecule has 1 aliphatic heterocycles. The Kier molecular flexibility index (Phi) is 5.59. The summed E-state index contributed by atoms with van der Waals surface area (Å²) in [5.41, 5.74) is 0. The number of urea groups is 1. The SMILES string of the molecule is COC(=O)CCNC(=O)N1CCC(C)CC1C(=O)O. The Bertz CT molecular complexity index is 358. The third kappa shape index (κ3) is 4.42. The van der Waals surface area contributed by atoms with Gasteiger partial charge < -0.3 is 20.1 Å². The number of carbonyl (C=O) groups is 3. The van der Waals surface area contributed by atoms with Crippen molar-refractivity contribution in [3.63, 3.8) is 0 Å². The Hall–Kier alpha value is -1.79. The molecule has 1 rings (SSSR count). The second-order valence-electron chi connectivity index (χ2n) is 4.74. The molecule has 0 spiro atoms. The zero-order chi connectivity index (χ0) is 14.4. The van der Waals surface area contributed by atoms with Crippen molar-refractivity contribution in [2.24, 2.45) is 5.92 Å². The Morgan fingerprint density at radius 1 is 1.42 bits per heavy atom. The van der Waals surface area contributed by atoms with Crippen LogP contribution < -0.4 is 5.32 Å². The van der Waals surface area contributed by atoms with Crippen LogP contribution in [0, 0.1) is 5.92 Å². The van der Waals surface area contributed by atoms with Crippen LogP contribution in [-0.4, -0.2) is 54.2 Å². The summed E-state index contributed by atoms with van der Waals surface area (Å²) in [6.07, 6.45) is 1.32. The van der Waals surface area contributed by atoms with E-state index in [4.69, 9.17) is 5.11 Å². The molecule has 1 fully saturated rings. The molecule has 19 heavy (non-hydrogen) atoms. The monoisotopic (exact) mass is 272 g/mol. The summed E-state index contributed by atoms with van der Waals surface area (Å²) in [5.74, 6) is -1.11. The van der Waals surface area contributed by atoms with Crippen molar-refractivity contribution in [3.05, 3.63) is 0 Å². The summed E-state index contributed by atoms with van der Waals surface area (Å²) in [4.78, 5) is 35.3. The number of hydrogen-bond acceptors (Lipinski definition) is 4. The van der Waals surface area contributed by atoms with E-state index in [1.54, 1.807) is 0 Å². The smallest absolute Gasteiger partial charge is 0.326 e. The summed E-state index contributed by atoms with van der Waals surface area (Å²) < 4.78 is 4.45. The van der Waals surface area contributed by atoms with Crippen molar-refractivity contribution >= 4 is 18.0 Å². The van der Waals surface area contributed by atoms with E-state index in [0.717, 1.165) is 6.42 Å². The van der Waals surface area contributed by atoms with Gasteiger partial charge in [-0.05, 0) is 18.8 Å². The van der Waals surface area contributed by atoms with Crippen molar-refractivity contribution in [2.75, 3.05) is 20.2 Å². The van der Waals surface area contributed by atoms with Gasteiger partial charge in [0.25, 0.3) is 0 Å². The topological polar surface area (TPSA) is 95.9 Å². The van der Waals surface area contributed by atoms with E-state index >= 15 is 0 Å². The molecule has 2 unspecified atom stereocenters. The van der Waals surface area contributed by atoms with E-state index in [1.165, 1.54) is 12.0 Å². The predicted molar refractivity (Wildman–Crippen MR) is 66.6 cm³/mol. The Morgan fingerprint density at radius 3 is 2.68 bits per heavy atom. The zero-order valence-corrected chi connectivity index (χ0v) is 11.2. The van der Waals surface area contributed by atoms with Crippen LogP contribution in [0.4, 0.5) is 4.79 Å². The van der Waals surface area contributed by atoms with Gasteiger partial charge in [-0.2, -0.15) is 0 Å². The number of likely N-dealkylation sites (tertiary alicyclic amines) is 1. The molecule has 0 bridgehead atoms. The Morgan fingerprint density at radius 2 is 2.11 bits per heavy atom. The molecular weight excluding hydrogens is 252 g/mol. The first kappa shape index (κ1) is 15.3. The van der Waals surface area contributed by atoms with E-state index in [-0.39, 0.29) is 13.0 Å². The molecule has 0 aromatic carbocycles. The summed E-state index contributed by atoms with van der Waals surface area (Å²) in [6.45, 7) is 2.54. The van der Waals surface area contributed by atoms with E-state index in [1.807, 2.05) is 6.92 Å². The van der Waals surface area contributed by atoms with Crippen molar-refractivity contribution in [1.29, 1.82) is 0 Å². The highest BCUT2D eigenvalue weighted by atomic mass is 16.5. The Balaban J connectivity index is 2.49. The fourth-order valence-electron chi connectivity index (χ4n) is 2.09. The third-order valence-corrected chi connectivity index (χ3v) is 3.24. The van der Waals surface area contributed by atoms with Crippen molar-refractivity contribution in [1.82, 2.24) is 10.2 Å². The fourth-order valence-corrected chi connectivity index (χ4v) is 2.09. The van der Waals surface area contributed by atoms with Gasteiger partial charge in [0.2, 0.25) is 0 Å². The van der Waals surface area contributed by atoms with Gasteiger partial charge in [0, 0.05) is 13.1 Å². The molecule has 0 radical (unpaired) electrons. The van der Waals surface area contributed by atoms with E-state index < -0.39 is 24.0 Å². The Labute approximate surface area is 111 Å². The number of carboxylic acids is 1. The normalized spacial score (nSPS) is 22.7. The lowest BCUT2D eigenvalue weighted by atomic mass is 9.93. The summed E-state index contributed by atoms with van der Waals surface area (Å²) in [5, 5.41) is 11.7. The maximum atomic E-state index is 11.9. The van der Waals surface area contributed by atoms with Crippen LogP contribution in [-0.2, 0) is 14.3 Å². The highest BCUT2D eigenvalue weighted by Gasteiger charge is 2.34. The maximum absolute atomic E-state index is 11.9. The second kappa shape index (κ2) is 6.96. The lowest BCUT2D eigenvalue weighted by molar-refractivity contribution is -0.144. The largest absolute Gasteiger partial charge is 0.480 e. The fraction of sp³-hybridized carbons (Fsp3) is 0.750. The quantitative estimate of drug-likeness (QED) is 0.724. The van der Waals surface area contributed by atoms with E-state index in [0.29, 0.717) is 18.9 Å². The molecule has 2 atom stereocenters. The first-order valence-electron chi connectivity index (χ1n) is 6.29. The van der Waals surface area contributed by atoms with Gasteiger partial charge in [0.15, 0.2) is 0 Å². The van der Waals surface area contributed by atoms with Crippen molar-refractivity contribution < 1.29 is 24.2 Å². The predicted octanol–water partition coefficient (Wildman–Crippen LogP) is 0.444. The summed E-state index contributed by atoms with van der Waals surface area (Å²) >= 11 is 0. The minimum atomic E-state index is -0.991. The zero-order valence-electron chi connectivity index (χ0n) is 11.2. The average Bonchev–Trinajstić information content (AvgIpc) is 2.38. The first-order chi connectivity index (χ1) is 8.95. The minimum absolute atomic E-state index is 0.0736. The van der Waals surface area contributed by atoms with Crippen LogP contribution >= 0.6 is 0 Å². The van der Waals surface area contributed by atoms with Crippen LogP contribution in [0.25, 0.3) is 0 Å². The van der Waals surface area contributed by atoms with Gasteiger partial charge >= 0.3 is 18.0 Å². The molecule has 0 aromatic rings. The number of piperidine rings is 1. The number of esters is 1. The third-order valence-electron chi connectivity index (χ3n) is 3.24. The van der Waals surface area contributed by atoms with Gasteiger partial charge in [-0.3, -0.25) is 4.79 Å². The molecule has 7 heteroatoms. The standard InChI is InChI=1S/C12H20N2O5/c1-8-4-6-14(9(7-8)11(16)17)12(18)13-5-3-10(15)19-2/h8-9H,3-7H2,1-2H3,(H,13,18)(H,16,17). The molecule has 2 amide bonds. The number of nitrogens with zero attached hydrogens (tertiary/aromatic N) is 1. The molecule has 0 aliphatic carbocycles. The molecule has 1 aliphatic rings. The number of carboxylic acid groups (broad SMARTS) is 1. The van der Waals surface area contributed by atoms with Crippen molar-refractivity contribution in [2.45, 2.75) is 32.2 Å². The van der Waals surface area contributed by atoms with Gasteiger partial charge in [0.05, 0.1) is 13.5 Å². The number of rotatable bonds is 4. The van der Waals surface area contributed by atoms with Crippen LogP contribution in [0.5, 0.6) is 0 Å². The minimum Gasteiger partial charge on any atom is -0.480 e. The lowest BCUT2D eigenvalue weighted by Crippen LogP contribution is -2.53. The lowest BCUT2D eigenvalue weighted by Gasteiger charge is -2.35. The summed E-state index contributed by atoms with van der Waals surface area (Å²) in [7, 11) is 1.27. The highest BCUT2D eigenvalue weighted by Crippen LogP contribution is 2.22. The number of carbonyl (C=O) groups excluding carboxylic acids is 2. The molecule has 108 valence electrons. The van der Waals surface area contributed by atoms with E-state index in [9.17, 15) is 14.4 Å². The molecule has 1 heterocycles. The van der Waals surface area contributed by atoms with Gasteiger partial charge in [-0.25, -0.2) is 9.59 Å². The molecule has 7 nitrogen and oxygen atoms in total. The van der Waals surface area contributed by atoms with Gasteiger partial charge in [-0.1, -0.05) is 6.92 Å². The summed E-state index contributed by atoms with van der Waals surface area (Å²) in [6, 6.07) is -1.23. The van der Waals surface area contributed by atoms with Crippen LogP contribution in [0.1, 0.15) is 26.2 Å². The number of nitrogens with one attached hydrogen (secondary N) is 1. The molecule has 2 N–H and O–H groups in total. The van der Waals surface area contributed by atoms with Crippen LogP contribution in [0.2, 0.25) is 0 Å². The highest BCUT2D eigenvalue weighted by molar-refractivity contribution is 5.83. The number of methoxy groups -OCH3 is 1. The maximum Gasteiger partial charge on any atom is 0.326 e. The second-order valence-corrected chi connectivity index (χ2v) is 4.74. The number of ether oxygens (including phenoxy) is 1. The average molecular weight is 272 g/mol. The van der Waals surface area contributed by atoms with Gasteiger partial charge in [0.1, 0.15) is 6.04 Å². The molecule has 1 saturated heterocycles. The number of aliphatic carboxylic acids is 1. The first-order valence-corrected chi connectivity index (χ1v) is 6.29. The van der Waals surface area contributed by atoms with E-state index in [2.05, 4.69) is 10.1 Å². The molecule has 0 aromatic heterocycles. The number of amides is 2. The molecular formula is C12H20N2O5. The van der Waals surface area contributed by atoms with Crippen LogP contribution in [0.3, 0.4) is 0 Å². The molecule has 0 saturated carbocycles.